The van der Waals surface area contributed by atoms with Crippen LogP contribution in [0.15, 0.2) is 70.0 Å². The fraction of sp³-hybridized carbons (Fsp3) is 0.0952. The van der Waals surface area contributed by atoms with E-state index < -0.39 is 11.5 Å². The molecule has 0 spiro atoms. The first-order valence-electron chi connectivity index (χ1n) is 8.67. The normalized spacial score (nSPS) is 10.9. The van der Waals surface area contributed by atoms with Gasteiger partial charge in [0.05, 0.1) is 12.1 Å². The highest BCUT2D eigenvalue weighted by Gasteiger charge is 2.19. The summed E-state index contributed by atoms with van der Waals surface area (Å²) in [5.74, 6) is -0.781. The van der Waals surface area contributed by atoms with Crippen LogP contribution >= 0.6 is 0 Å². The lowest BCUT2D eigenvalue weighted by molar-refractivity contribution is -0.116. The summed E-state index contributed by atoms with van der Waals surface area (Å²) in [6.07, 6.45) is 1.62. The first kappa shape index (κ1) is 17.5. The van der Waals surface area contributed by atoms with Crippen molar-refractivity contribution < 1.29 is 14.0 Å². The topological polar surface area (TPSA) is 95.4 Å². The lowest BCUT2D eigenvalue weighted by Gasteiger charge is -2.16. The molecular weight excluding hydrogens is 358 g/mol. The number of aromatic nitrogens is 1. The molecule has 0 fully saturated rings. The molecule has 2 aromatic heterocycles. The van der Waals surface area contributed by atoms with E-state index in [1.54, 1.807) is 30.5 Å². The van der Waals surface area contributed by atoms with Crippen molar-refractivity contribution in [1.29, 1.82) is 0 Å². The second kappa shape index (κ2) is 7.03. The molecule has 0 atom stereocenters. The van der Waals surface area contributed by atoms with Crippen molar-refractivity contribution in [3.63, 3.8) is 0 Å². The summed E-state index contributed by atoms with van der Waals surface area (Å²) in [5, 5.41) is 4.01. The first-order valence-corrected chi connectivity index (χ1v) is 8.67. The first-order chi connectivity index (χ1) is 13.5. The van der Waals surface area contributed by atoms with Crippen LogP contribution in [0, 0.1) is 0 Å². The Bertz CT molecular complexity index is 1260. The smallest absolute Gasteiger partial charge is 0.360 e. The molecule has 2 N–H and O–H groups in total. The zero-order chi connectivity index (χ0) is 19.7. The maximum Gasteiger partial charge on any atom is 0.360 e. The van der Waals surface area contributed by atoms with Crippen molar-refractivity contribution in [2.75, 3.05) is 18.9 Å². The van der Waals surface area contributed by atoms with Gasteiger partial charge in [0, 0.05) is 29.5 Å². The standard InChI is InChI=1S/C21H17N3O4/c1-24(20(26)15-11-22-16-8-4-3-7-14(15)16)12-19(25)23-17-10-13-6-2-5-9-18(13)28-21(17)27/h2-11,22H,12H2,1H3,(H,23,25). The van der Waals surface area contributed by atoms with Crippen molar-refractivity contribution in [3.8, 4) is 0 Å². The maximum absolute atomic E-state index is 12.7. The predicted molar refractivity (Wildman–Crippen MR) is 106 cm³/mol. The third kappa shape index (κ3) is 3.25. The molecule has 0 unspecified atom stereocenters. The zero-order valence-corrected chi connectivity index (χ0v) is 15.1. The van der Waals surface area contributed by atoms with Gasteiger partial charge in [-0.3, -0.25) is 9.59 Å². The highest BCUT2D eigenvalue weighted by molar-refractivity contribution is 6.08. The average molecular weight is 375 g/mol. The van der Waals surface area contributed by atoms with Crippen LogP contribution in [0.1, 0.15) is 10.4 Å². The molecule has 2 amide bonds. The second-order valence-electron chi connectivity index (χ2n) is 6.44. The number of carbonyl (C=O) groups is 2. The van der Waals surface area contributed by atoms with Crippen LogP contribution in [0.25, 0.3) is 21.9 Å². The monoisotopic (exact) mass is 375 g/mol. The molecule has 28 heavy (non-hydrogen) atoms. The summed E-state index contributed by atoms with van der Waals surface area (Å²) < 4.78 is 5.20. The van der Waals surface area contributed by atoms with E-state index in [9.17, 15) is 14.4 Å². The number of aromatic amines is 1. The molecular formula is C21H17N3O4. The van der Waals surface area contributed by atoms with Gasteiger partial charge >= 0.3 is 5.63 Å². The number of nitrogens with one attached hydrogen (secondary N) is 2. The van der Waals surface area contributed by atoms with Crippen LogP contribution in [0.2, 0.25) is 0 Å². The van der Waals surface area contributed by atoms with E-state index in [0.717, 1.165) is 10.9 Å². The second-order valence-corrected chi connectivity index (χ2v) is 6.44. The number of benzene rings is 2. The van der Waals surface area contributed by atoms with E-state index in [2.05, 4.69) is 10.3 Å². The highest BCUT2D eigenvalue weighted by atomic mass is 16.4. The molecule has 2 heterocycles. The fourth-order valence-corrected chi connectivity index (χ4v) is 3.08. The Balaban J connectivity index is 1.50. The van der Waals surface area contributed by atoms with Gasteiger partial charge in [-0.1, -0.05) is 36.4 Å². The van der Waals surface area contributed by atoms with Crippen molar-refractivity contribution >= 4 is 39.4 Å². The van der Waals surface area contributed by atoms with E-state index in [1.165, 1.54) is 11.9 Å². The largest absolute Gasteiger partial charge is 0.421 e. The van der Waals surface area contributed by atoms with Gasteiger partial charge in [0.25, 0.3) is 5.91 Å². The number of para-hydroxylation sites is 2. The Morgan fingerprint density at radius 1 is 1.11 bits per heavy atom. The van der Waals surface area contributed by atoms with Crippen LogP contribution in [0.5, 0.6) is 0 Å². The molecule has 4 rings (SSSR count). The van der Waals surface area contributed by atoms with Crippen LogP contribution in [-0.4, -0.2) is 35.3 Å². The van der Waals surface area contributed by atoms with Crippen molar-refractivity contribution in [1.82, 2.24) is 9.88 Å². The number of nitrogens with zero attached hydrogens (tertiary/aromatic N) is 1. The number of rotatable bonds is 4. The molecule has 0 aliphatic carbocycles. The van der Waals surface area contributed by atoms with E-state index >= 15 is 0 Å². The summed E-state index contributed by atoms with van der Waals surface area (Å²) in [6.45, 7) is -0.204. The summed E-state index contributed by atoms with van der Waals surface area (Å²) in [4.78, 5) is 41.4. The minimum Gasteiger partial charge on any atom is -0.421 e. The van der Waals surface area contributed by atoms with Crippen LogP contribution in [0.4, 0.5) is 5.69 Å². The minimum absolute atomic E-state index is 0.0386. The molecule has 2 aromatic carbocycles. The van der Waals surface area contributed by atoms with Crippen LogP contribution in [0.3, 0.4) is 0 Å². The molecule has 4 aromatic rings. The number of hydrogen-bond donors (Lipinski definition) is 2. The third-order valence-corrected chi connectivity index (χ3v) is 4.46. The number of hydrogen-bond acceptors (Lipinski definition) is 4. The van der Waals surface area contributed by atoms with E-state index in [-0.39, 0.29) is 18.1 Å². The van der Waals surface area contributed by atoms with Crippen molar-refractivity contribution in [2.45, 2.75) is 0 Å². The maximum atomic E-state index is 12.7. The molecule has 0 saturated carbocycles. The van der Waals surface area contributed by atoms with Crippen LogP contribution in [-0.2, 0) is 4.79 Å². The Hall–Kier alpha value is -3.87. The predicted octanol–water partition coefficient (Wildman–Crippen LogP) is 2.99. The SMILES string of the molecule is CN(CC(=O)Nc1cc2ccccc2oc1=O)C(=O)c1c[nH]c2ccccc12. The van der Waals surface area contributed by atoms with Gasteiger partial charge in [0.2, 0.25) is 5.91 Å². The molecule has 7 nitrogen and oxygen atoms in total. The third-order valence-electron chi connectivity index (χ3n) is 4.46. The molecule has 0 aliphatic rings. The van der Waals surface area contributed by atoms with Gasteiger partial charge in [-0.25, -0.2) is 4.79 Å². The summed E-state index contributed by atoms with van der Waals surface area (Å²) in [7, 11) is 1.53. The van der Waals surface area contributed by atoms with Gasteiger partial charge in [0.1, 0.15) is 11.3 Å². The summed E-state index contributed by atoms with van der Waals surface area (Å²) in [5.41, 5.74) is 1.17. The Morgan fingerprint density at radius 3 is 2.71 bits per heavy atom. The molecule has 7 heteroatoms. The number of anilines is 1. The van der Waals surface area contributed by atoms with Gasteiger partial charge in [-0.2, -0.15) is 0 Å². The van der Waals surface area contributed by atoms with Crippen molar-refractivity contribution in [3.05, 3.63) is 76.8 Å². The summed E-state index contributed by atoms with van der Waals surface area (Å²) >= 11 is 0. The Labute approximate surface area is 159 Å². The van der Waals surface area contributed by atoms with Crippen molar-refractivity contribution in [2.24, 2.45) is 0 Å². The molecule has 0 bridgehead atoms. The quantitative estimate of drug-likeness (QED) is 0.536. The van der Waals surface area contributed by atoms with E-state index in [4.69, 9.17) is 4.42 Å². The molecule has 0 saturated heterocycles. The number of H-pyrrole nitrogens is 1. The number of amides is 2. The number of carbonyl (C=O) groups excluding carboxylic acids is 2. The number of likely N-dealkylation sites (N-methyl/N-ethyl adjacent to an activating group) is 1. The Kier molecular flexibility index (Phi) is 4.41. The Morgan fingerprint density at radius 2 is 1.86 bits per heavy atom. The van der Waals surface area contributed by atoms with Gasteiger partial charge in [-0.05, 0) is 18.2 Å². The van der Waals surface area contributed by atoms with Gasteiger partial charge < -0.3 is 19.6 Å². The minimum atomic E-state index is -0.641. The van der Waals surface area contributed by atoms with Gasteiger partial charge in [0.15, 0.2) is 0 Å². The zero-order valence-electron chi connectivity index (χ0n) is 15.1. The average Bonchev–Trinajstić information content (AvgIpc) is 3.12. The molecule has 0 aliphatic heterocycles. The van der Waals surface area contributed by atoms with E-state index in [0.29, 0.717) is 16.5 Å². The molecule has 140 valence electrons. The van der Waals surface area contributed by atoms with Crippen LogP contribution < -0.4 is 10.9 Å². The highest BCUT2D eigenvalue weighted by Crippen LogP contribution is 2.19. The van der Waals surface area contributed by atoms with E-state index in [1.807, 2.05) is 30.3 Å². The summed E-state index contributed by atoms with van der Waals surface area (Å²) in [6, 6.07) is 16.0. The number of fused-ring (bicyclic) bond motifs is 2. The fourth-order valence-electron chi connectivity index (χ4n) is 3.08. The molecule has 0 radical (unpaired) electrons. The lowest BCUT2D eigenvalue weighted by Crippen LogP contribution is -2.35. The lowest BCUT2D eigenvalue weighted by atomic mass is 10.1. The van der Waals surface area contributed by atoms with Gasteiger partial charge in [-0.15, -0.1) is 0 Å².